The summed E-state index contributed by atoms with van der Waals surface area (Å²) in [7, 11) is 0. The molecule has 0 saturated carbocycles. The molecule has 1 aromatic heterocycles. The van der Waals surface area contributed by atoms with Crippen molar-refractivity contribution in [3.63, 3.8) is 0 Å². The molecule has 5 heteroatoms. The minimum absolute atomic E-state index is 0.0374. The molecule has 0 spiro atoms. The van der Waals surface area contributed by atoms with E-state index < -0.39 is 0 Å². The molecule has 2 rings (SSSR count). The molecule has 15 heavy (non-hydrogen) atoms. The molecule has 0 radical (unpaired) electrons. The molecule has 1 aliphatic rings. The molecular weight excluding hydrogens is 192 g/mol. The van der Waals surface area contributed by atoms with Gasteiger partial charge in [0.25, 0.3) is 0 Å². The topological polar surface area (TPSA) is 54.2 Å². The van der Waals surface area contributed by atoms with E-state index in [1.165, 1.54) is 25.9 Å². The van der Waals surface area contributed by atoms with E-state index in [1.807, 2.05) is 4.57 Å². The van der Waals surface area contributed by atoms with Crippen molar-refractivity contribution in [3.8, 4) is 0 Å². The van der Waals surface area contributed by atoms with Gasteiger partial charge in [0, 0.05) is 12.6 Å². The minimum Gasteiger partial charge on any atom is -0.388 e. The van der Waals surface area contributed by atoms with E-state index in [0.717, 1.165) is 6.54 Å². The fourth-order valence-corrected chi connectivity index (χ4v) is 2.17. The highest BCUT2D eigenvalue weighted by molar-refractivity contribution is 4.87. The second kappa shape index (κ2) is 4.72. The van der Waals surface area contributed by atoms with Crippen LogP contribution in [-0.2, 0) is 6.61 Å². The molecule has 2 heterocycles. The van der Waals surface area contributed by atoms with E-state index in [-0.39, 0.29) is 6.61 Å². The molecule has 0 aromatic carbocycles. The first kappa shape index (κ1) is 10.6. The Hall–Kier alpha value is -0.940. The lowest BCUT2D eigenvalue weighted by Gasteiger charge is -2.21. The number of likely N-dealkylation sites (tertiary alicyclic amines) is 1. The van der Waals surface area contributed by atoms with Crippen molar-refractivity contribution in [2.45, 2.75) is 32.4 Å². The predicted molar refractivity (Wildman–Crippen MR) is 56.3 cm³/mol. The van der Waals surface area contributed by atoms with Gasteiger partial charge in [-0.25, -0.2) is 0 Å². The first-order chi connectivity index (χ1) is 7.31. The highest BCUT2D eigenvalue weighted by Crippen LogP contribution is 2.14. The molecule has 1 aliphatic heterocycles. The van der Waals surface area contributed by atoms with Crippen LogP contribution in [-0.4, -0.2) is 44.4 Å². The third-order valence-electron chi connectivity index (χ3n) is 2.98. The second-order valence-corrected chi connectivity index (χ2v) is 4.17. The number of nitrogens with zero attached hydrogens (tertiary/aromatic N) is 4. The Morgan fingerprint density at radius 1 is 1.47 bits per heavy atom. The van der Waals surface area contributed by atoms with Gasteiger partial charge in [-0.3, -0.25) is 0 Å². The monoisotopic (exact) mass is 210 g/mol. The van der Waals surface area contributed by atoms with Gasteiger partial charge in [-0.2, -0.15) is 0 Å². The van der Waals surface area contributed by atoms with E-state index in [2.05, 4.69) is 22.0 Å². The van der Waals surface area contributed by atoms with Crippen molar-refractivity contribution in [1.29, 1.82) is 0 Å². The van der Waals surface area contributed by atoms with Crippen LogP contribution >= 0.6 is 0 Å². The van der Waals surface area contributed by atoms with Gasteiger partial charge in [0.1, 0.15) is 12.9 Å². The summed E-state index contributed by atoms with van der Waals surface area (Å²) in [6, 6.07) is 0.334. The van der Waals surface area contributed by atoms with Crippen LogP contribution in [0.25, 0.3) is 0 Å². The number of hydrogen-bond donors (Lipinski definition) is 1. The van der Waals surface area contributed by atoms with Crippen molar-refractivity contribution in [1.82, 2.24) is 19.7 Å². The van der Waals surface area contributed by atoms with Crippen LogP contribution in [0.5, 0.6) is 0 Å². The lowest BCUT2D eigenvalue weighted by Crippen LogP contribution is -2.27. The van der Waals surface area contributed by atoms with Crippen molar-refractivity contribution in [2.24, 2.45) is 0 Å². The Kier molecular flexibility index (Phi) is 3.33. The molecule has 1 saturated heterocycles. The van der Waals surface area contributed by atoms with Crippen LogP contribution in [0.3, 0.4) is 0 Å². The maximum absolute atomic E-state index is 9.08. The van der Waals surface area contributed by atoms with Crippen molar-refractivity contribution in [2.75, 3.05) is 19.6 Å². The molecule has 0 amide bonds. The fraction of sp³-hybridized carbons (Fsp3) is 0.800. The number of aliphatic hydroxyl groups excluding tert-OH is 1. The number of hydrogen-bond acceptors (Lipinski definition) is 4. The first-order valence-corrected chi connectivity index (χ1v) is 5.53. The Morgan fingerprint density at radius 2 is 2.20 bits per heavy atom. The molecule has 1 fully saturated rings. The van der Waals surface area contributed by atoms with E-state index in [0.29, 0.717) is 11.9 Å². The van der Waals surface area contributed by atoms with E-state index >= 15 is 0 Å². The molecule has 84 valence electrons. The van der Waals surface area contributed by atoms with Gasteiger partial charge in [-0.05, 0) is 32.9 Å². The Balaban J connectivity index is 1.97. The molecular formula is C10H18N4O. The molecule has 0 aliphatic carbocycles. The van der Waals surface area contributed by atoms with Crippen molar-refractivity contribution < 1.29 is 5.11 Å². The summed E-state index contributed by atoms with van der Waals surface area (Å²) in [5.41, 5.74) is 0. The van der Waals surface area contributed by atoms with Crippen LogP contribution in [0.2, 0.25) is 0 Å². The van der Waals surface area contributed by atoms with Gasteiger partial charge in [0.2, 0.25) is 0 Å². The highest BCUT2D eigenvalue weighted by atomic mass is 16.3. The maximum atomic E-state index is 9.08. The fourth-order valence-electron chi connectivity index (χ4n) is 2.17. The van der Waals surface area contributed by atoms with E-state index in [1.54, 1.807) is 6.33 Å². The largest absolute Gasteiger partial charge is 0.388 e. The average Bonchev–Trinajstić information content (AvgIpc) is 2.86. The zero-order chi connectivity index (χ0) is 10.7. The van der Waals surface area contributed by atoms with E-state index in [9.17, 15) is 0 Å². The van der Waals surface area contributed by atoms with Crippen molar-refractivity contribution in [3.05, 3.63) is 12.2 Å². The molecule has 1 unspecified atom stereocenters. The summed E-state index contributed by atoms with van der Waals surface area (Å²) in [6.45, 7) is 5.51. The lowest BCUT2D eigenvalue weighted by molar-refractivity contribution is 0.245. The van der Waals surface area contributed by atoms with Crippen LogP contribution < -0.4 is 0 Å². The van der Waals surface area contributed by atoms with E-state index in [4.69, 9.17) is 5.11 Å². The summed E-state index contributed by atoms with van der Waals surface area (Å²) in [4.78, 5) is 2.45. The van der Waals surface area contributed by atoms with Gasteiger partial charge >= 0.3 is 0 Å². The minimum atomic E-state index is -0.0374. The quantitative estimate of drug-likeness (QED) is 0.783. The predicted octanol–water partition coefficient (Wildman–Crippen LogP) is 0.427. The van der Waals surface area contributed by atoms with Crippen LogP contribution in [0.4, 0.5) is 0 Å². The van der Waals surface area contributed by atoms with Crippen molar-refractivity contribution >= 4 is 0 Å². The number of rotatable bonds is 4. The van der Waals surface area contributed by atoms with Crippen LogP contribution in [0, 0.1) is 0 Å². The van der Waals surface area contributed by atoms with Gasteiger partial charge in [-0.15, -0.1) is 10.2 Å². The van der Waals surface area contributed by atoms with Crippen LogP contribution in [0.15, 0.2) is 6.33 Å². The van der Waals surface area contributed by atoms with Gasteiger partial charge in [-0.1, -0.05) is 0 Å². The first-order valence-electron chi connectivity index (χ1n) is 5.53. The molecule has 1 N–H and O–H groups in total. The smallest absolute Gasteiger partial charge is 0.158 e. The third-order valence-corrected chi connectivity index (χ3v) is 2.98. The SMILES string of the molecule is CC(CN1CCCC1)n1cnnc1CO. The molecule has 1 atom stereocenters. The summed E-state index contributed by atoms with van der Waals surface area (Å²) in [5, 5.41) is 16.8. The summed E-state index contributed by atoms with van der Waals surface area (Å²) in [6.07, 6.45) is 4.32. The highest BCUT2D eigenvalue weighted by Gasteiger charge is 2.17. The zero-order valence-electron chi connectivity index (χ0n) is 9.13. The number of aromatic nitrogens is 3. The molecule has 0 bridgehead atoms. The van der Waals surface area contributed by atoms with Gasteiger partial charge in [0.15, 0.2) is 5.82 Å². The maximum Gasteiger partial charge on any atom is 0.158 e. The summed E-state index contributed by atoms with van der Waals surface area (Å²) in [5.74, 6) is 0.654. The summed E-state index contributed by atoms with van der Waals surface area (Å²) < 4.78 is 1.96. The lowest BCUT2D eigenvalue weighted by atomic mass is 10.3. The van der Waals surface area contributed by atoms with Crippen LogP contribution in [0.1, 0.15) is 31.6 Å². The number of aliphatic hydroxyl groups is 1. The average molecular weight is 210 g/mol. The second-order valence-electron chi connectivity index (χ2n) is 4.17. The third kappa shape index (κ3) is 2.35. The Morgan fingerprint density at radius 3 is 2.87 bits per heavy atom. The van der Waals surface area contributed by atoms with Gasteiger partial charge < -0.3 is 14.6 Å². The normalized spacial score (nSPS) is 19.6. The Bertz CT molecular complexity index is 306. The standard InChI is InChI=1S/C10H18N4O/c1-9(6-13-4-2-3-5-13)14-8-11-12-10(14)7-15/h8-9,15H,2-7H2,1H3. The molecule has 1 aromatic rings. The zero-order valence-corrected chi connectivity index (χ0v) is 9.13. The molecule has 5 nitrogen and oxygen atoms in total. The van der Waals surface area contributed by atoms with Gasteiger partial charge in [0.05, 0.1) is 0 Å². The summed E-state index contributed by atoms with van der Waals surface area (Å²) >= 11 is 0. The Labute approximate surface area is 89.7 Å².